The van der Waals surface area contributed by atoms with Crippen LogP contribution in [0.25, 0.3) is 11.2 Å². The Kier molecular flexibility index (Phi) is 3.96. The van der Waals surface area contributed by atoms with Crippen LogP contribution in [0.15, 0.2) is 24.8 Å². The molecule has 0 amide bonds. The van der Waals surface area contributed by atoms with Crippen LogP contribution < -0.4 is 5.73 Å². The monoisotopic (exact) mass is 314 g/mol. The number of carbonyl (C=O) groups excluding carboxylic acids is 1. The number of anilines is 1. The summed E-state index contributed by atoms with van der Waals surface area (Å²) in [6.07, 6.45) is 3.73. The zero-order valence-corrected chi connectivity index (χ0v) is 13.1. The van der Waals surface area contributed by atoms with Crippen molar-refractivity contribution in [3.8, 4) is 0 Å². The third-order valence-corrected chi connectivity index (χ3v) is 3.79. The van der Waals surface area contributed by atoms with Crippen LogP contribution in [0, 0.1) is 6.92 Å². The summed E-state index contributed by atoms with van der Waals surface area (Å²) >= 11 is 0. The molecule has 8 heteroatoms. The summed E-state index contributed by atoms with van der Waals surface area (Å²) in [6, 6.07) is 3.65. The van der Waals surface area contributed by atoms with Crippen molar-refractivity contribution in [2.24, 2.45) is 7.05 Å². The molecule has 0 saturated carbocycles. The van der Waals surface area contributed by atoms with Gasteiger partial charge in [0.05, 0.1) is 12.9 Å². The van der Waals surface area contributed by atoms with E-state index in [1.807, 2.05) is 29.2 Å². The smallest absolute Gasteiger partial charge is 0.354 e. The minimum absolute atomic E-state index is 0.317. The van der Waals surface area contributed by atoms with Gasteiger partial charge in [0.25, 0.3) is 0 Å². The molecule has 0 atom stereocenters. The van der Waals surface area contributed by atoms with E-state index in [9.17, 15) is 4.79 Å². The first kappa shape index (κ1) is 15.0. The highest BCUT2D eigenvalue weighted by Crippen LogP contribution is 2.14. The minimum atomic E-state index is -0.317. The van der Waals surface area contributed by atoms with Gasteiger partial charge in [-0.15, -0.1) is 0 Å². The lowest BCUT2D eigenvalue weighted by Gasteiger charge is -2.07. The van der Waals surface area contributed by atoms with E-state index in [1.165, 1.54) is 6.33 Å². The highest BCUT2D eigenvalue weighted by atomic mass is 16.5. The van der Waals surface area contributed by atoms with Crippen LogP contribution in [0.1, 0.15) is 22.6 Å². The van der Waals surface area contributed by atoms with Gasteiger partial charge >= 0.3 is 5.97 Å². The van der Waals surface area contributed by atoms with Gasteiger partial charge in [-0.2, -0.15) is 0 Å². The molecule has 0 fully saturated rings. The molecule has 0 spiro atoms. The van der Waals surface area contributed by atoms with Crippen molar-refractivity contribution < 1.29 is 9.53 Å². The Balaban J connectivity index is 1.56. The molecular formula is C15H18N6O2. The van der Waals surface area contributed by atoms with Crippen molar-refractivity contribution >= 4 is 23.0 Å². The second-order valence-electron chi connectivity index (χ2n) is 5.28. The van der Waals surface area contributed by atoms with Crippen molar-refractivity contribution in [3.63, 3.8) is 0 Å². The van der Waals surface area contributed by atoms with E-state index in [2.05, 4.69) is 15.0 Å². The van der Waals surface area contributed by atoms with Crippen LogP contribution >= 0.6 is 0 Å². The predicted octanol–water partition coefficient (Wildman–Crippen LogP) is 1.30. The molecule has 0 bridgehead atoms. The lowest BCUT2D eigenvalue weighted by molar-refractivity contribution is 0.0485. The van der Waals surface area contributed by atoms with Gasteiger partial charge < -0.3 is 19.6 Å². The molecule has 3 aromatic rings. The Bertz CT molecular complexity index is 851. The number of nitrogens with two attached hydrogens (primary N) is 1. The molecule has 0 aliphatic rings. The topological polar surface area (TPSA) is 101 Å². The first-order valence-electron chi connectivity index (χ1n) is 7.28. The summed E-state index contributed by atoms with van der Waals surface area (Å²) in [4.78, 5) is 24.3. The van der Waals surface area contributed by atoms with Gasteiger partial charge in [-0.25, -0.2) is 19.7 Å². The number of hydrogen-bond donors (Lipinski definition) is 1. The van der Waals surface area contributed by atoms with E-state index in [0.29, 0.717) is 42.2 Å². The summed E-state index contributed by atoms with van der Waals surface area (Å²) in [7, 11) is 1.84. The van der Waals surface area contributed by atoms with E-state index in [-0.39, 0.29) is 5.97 Å². The van der Waals surface area contributed by atoms with Crippen molar-refractivity contribution in [1.82, 2.24) is 24.1 Å². The van der Waals surface area contributed by atoms with Gasteiger partial charge in [0, 0.05) is 19.3 Å². The molecule has 0 radical (unpaired) electrons. The highest BCUT2D eigenvalue weighted by Gasteiger charge is 2.12. The molecule has 3 aromatic heterocycles. The largest absolute Gasteiger partial charge is 0.461 e. The van der Waals surface area contributed by atoms with Gasteiger partial charge in [-0.1, -0.05) is 0 Å². The standard InChI is InChI=1S/C15H18N6O2/c1-10-4-5-11(20(10)2)15(22)23-7-3-6-21-9-19-12-13(16)17-8-18-14(12)21/h4-5,8-9H,3,6-7H2,1-2H3,(H2,16,17,18). The second-order valence-corrected chi connectivity index (χ2v) is 5.28. The Morgan fingerprint density at radius 1 is 1.30 bits per heavy atom. The SMILES string of the molecule is Cc1ccc(C(=O)OCCCn2cnc3c(N)ncnc32)n1C. The molecule has 0 aliphatic heterocycles. The molecule has 120 valence electrons. The maximum absolute atomic E-state index is 12.0. The fraction of sp³-hybridized carbons (Fsp3) is 0.333. The van der Waals surface area contributed by atoms with Gasteiger partial charge in [-0.05, 0) is 25.5 Å². The zero-order valence-electron chi connectivity index (χ0n) is 13.1. The number of aryl methyl sites for hydroxylation is 2. The molecule has 2 N–H and O–H groups in total. The molecule has 0 unspecified atom stereocenters. The number of nitrogen functional groups attached to an aromatic ring is 1. The number of carbonyl (C=O) groups is 1. The molecule has 0 aromatic carbocycles. The highest BCUT2D eigenvalue weighted by molar-refractivity contribution is 5.87. The van der Waals surface area contributed by atoms with Crippen LogP contribution in [-0.4, -0.2) is 36.7 Å². The molecule has 3 heterocycles. The maximum atomic E-state index is 12.0. The van der Waals surface area contributed by atoms with Crippen LogP contribution in [0.2, 0.25) is 0 Å². The molecule has 3 rings (SSSR count). The third-order valence-electron chi connectivity index (χ3n) is 3.79. The lowest BCUT2D eigenvalue weighted by atomic mass is 10.4. The van der Waals surface area contributed by atoms with E-state index < -0.39 is 0 Å². The number of hydrogen-bond acceptors (Lipinski definition) is 6. The van der Waals surface area contributed by atoms with Crippen molar-refractivity contribution in [2.45, 2.75) is 19.9 Å². The van der Waals surface area contributed by atoms with Crippen molar-refractivity contribution in [1.29, 1.82) is 0 Å². The average molecular weight is 314 g/mol. The van der Waals surface area contributed by atoms with E-state index in [0.717, 1.165) is 5.69 Å². The Labute approximate surface area is 132 Å². The van der Waals surface area contributed by atoms with Crippen LogP contribution in [0.3, 0.4) is 0 Å². The fourth-order valence-corrected chi connectivity index (χ4v) is 2.35. The number of nitrogens with zero attached hydrogens (tertiary/aromatic N) is 5. The number of aromatic nitrogens is 5. The predicted molar refractivity (Wildman–Crippen MR) is 84.8 cm³/mol. The van der Waals surface area contributed by atoms with Crippen molar-refractivity contribution in [3.05, 3.63) is 36.2 Å². The molecule has 23 heavy (non-hydrogen) atoms. The number of ether oxygens (including phenoxy) is 1. The summed E-state index contributed by atoms with van der Waals surface area (Å²) in [5.41, 5.74) is 8.58. The van der Waals surface area contributed by atoms with Gasteiger partial charge in [0.2, 0.25) is 0 Å². The molecule has 8 nitrogen and oxygen atoms in total. The second kappa shape index (κ2) is 6.07. The average Bonchev–Trinajstić information content (AvgIpc) is 3.09. The molecule has 0 saturated heterocycles. The van der Waals surface area contributed by atoms with Crippen molar-refractivity contribution in [2.75, 3.05) is 12.3 Å². The third kappa shape index (κ3) is 2.87. The van der Waals surface area contributed by atoms with E-state index in [4.69, 9.17) is 10.5 Å². The van der Waals surface area contributed by atoms with Crippen LogP contribution in [0.4, 0.5) is 5.82 Å². The molecule has 0 aliphatic carbocycles. The number of imidazole rings is 1. The van der Waals surface area contributed by atoms with Crippen LogP contribution in [-0.2, 0) is 18.3 Å². The summed E-state index contributed by atoms with van der Waals surface area (Å²) in [5.74, 6) is 0.0434. The quantitative estimate of drug-likeness (QED) is 0.563. The Morgan fingerprint density at radius 2 is 2.13 bits per heavy atom. The van der Waals surface area contributed by atoms with Gasteiger partial charge in [-0.3, -0.25) is 0 Å². The number of esters is 1. The first-order chi connectivity index (χ1) is 11.1. The van der Waals surface area contributed by atoms with E-state index >= 15 is 0 Å². The van der Waals surface area contributed by atoms with Gasteiger partial charge in [0.15, 0.2) is 11.5 Å². The number of fused-ring (bicyclic) bond motifs is 1. The van der Waals surface area contributed by atoms with Crippen LogP contribution in [0.5, 0.6) is 0 Å². The Morgan fingerprint density at radius 3 is 2.87 bits per heavy atom. The normalized spacial score (nSPS) is 11.0. The summed E-state index contributed by atoms with van der Waals surface area (Å²) < 4.78 is 8.99. The fourth-order valence-electron chi connectivity index (χ4n) is 2.35. The Hall–Kier alpha value is -2.90. The summed E-state index contributed by atoms with van der Waals surface area (Å²) in [6.45, 7) is 2.89. The van der Waals surface area contributed by atoms with E-state index in [1.54, 1.807) is 12.4 Å². The molecular weight excluding hydrogens is 296 g/mol. The first-order valence-corrected chi connectivity index (χ1v) is 7.28. The summed E-state index contributed by atoms with van der Waals surface area (Å²) in [5, 5.41) is 0. The van der Waals surface area contributed by atoms with Gasteiger partial charge in [0.1, 0.15) is 17.5 Å². The number of rotatable bonds is 5. The maximum Gasteiger partial charge on any atom is 0.354 e. The minimum Gasteiger partial charge on any atom is -0.461 e. The lowest BCUT2D eigenvalue weighted by Crippen LogP contribution is -2.12. The zero-order chi connectivity index (χ0) is 16.4.